The van der Waals surface area contributed by atoms with Crippen LogP contribution in [0, 0.1) is 11.3 Å². The highest BCUT2D eigenvalue weighted by Crippen LogP contribution is 2.33. The maximum Gasteiger partial charge on any atom is 0.256 e. The minimum absolute atomic E-state index is 0.169. The van der Waals surface area contributed by atoms with E-state index < -0.39 is 10.0 Å². The molecule has 1 aliphatic heterocycles. The minimum atomic E-state index is -3.57. The Labute approximate surface area is 191 Å². The van der Waals surface area contributed by atoms with Crippen molar-refractivity contribution in [2.75, 3.05) is 18.4 Å². The van der Waals surface area contributed by atoms with Gasteiger partial charge in [-0.15, -0.1) is 0 Å². The standard InChI is InChI=1S/C24H21N3O3S2/c25-17-18-8-1-3-12-22(18)31-23-13-4-2-11-21(23)24(28)26-19-9-7-10-20(16-19)32(29,30)27-14-5-6-15-27/h1-4,7-13,16H,5-6,14-15H2,(H,26,28). The Morgan fingerprint density at radius 3 is 2.38 bits per heavy atom. The molecule has 1 saturated heterocycles. The van der Waals surface area contributed by atoms with Crippen molar-refractivity contribution in [1.29, 1.82) is 5.26 Å². The van der Waals surface area contributed by atoms with Gasteiger partial charge in [0.15, 0.2) is 0 Å². The van der Waals surface area contributed by atoms with Gasteiger partial charge in [0.2, 0.25) is 10.0 Å². The number of carbonyl (C=O) groups excluding carboxylic acids is 1. The van der Waals surface area contributed by atoms with Crippen LogP contribution in [-0.4, -0.2) is 31.7 Å². The number of sulfonamides is 1. The highest BCUT2D eigenvalue weighted by molar-refractivity contribution is 7.99. The maximum atomic E-state index is 13.0. The number of anilines is 1. The summed E-state index contributed by atoms with van der Waals surface area (Å²) >= 11 is 1.34. The molecule has 0 aromatic heterocycles. The number of hydrogen-bond donors (Lipinski definition) is 1. The first-order valence-corrected chi connectivity index (χ1v) is 12.4. The lowest BCUT2D eigenvalue weighted by atomic mass is 10.2. The van der Waals surface area contributed by atoms with Crippen LogP contribution >= 0.6 is 11.8 Å². The van der Waals surface area contributed by atoms with Crippen molar-refractivity contribution in [2.45, 2.75) is 27.5 Å². The number of nitriles is 1. The number of rotatable bonds is 6. The summed E-state index contributed by atoms with van der Waals surface area (Å²) in [6.45, 7) is 1.04. The fourth-order valence-corrected chi connectivity index (χ4v) is 6.11. The van der Waals surface area contributed by atoms with Gasteiger partial charge in [-0.2, -0.15) is 9.57 Å². The molecule has 0 spiro atoms. The van der Waals surface area contributed by atoms with Crippen molar-refractivity contribution in [3.8, 4) is 6.07 Å². The van der Waals surface area contributed by atoms with E-state index in [4.69, 9.17) is 0 Å². The summed E-state index contributed by atoms with van der Waals surface area (Å²) in [6.07, 6.45) is 1.72. The molecule has 0 radical (unpaired) electrons. The summed E-state index contributed by atoms with van der Waals surface area (Å²) in [4.78, 5) is 14.7. The van der Waals surface area contributed by atoms with Crippen LogP contribution in [-0.2, 0) is 10.0 Å². The Balaban J connectivity index is 1.57. The second-order valence-electron chi connectivity index (χ2n) is 7.30. The van der Waals surface area contributed by atoms with E-state index in [9.17, 15) is 18.5 Å². The van der Waals surface area contributed by atoms with Crippen LogP contribution < -0.4 is 5.32 Å². The van der Waals surface area contributed by atoms with Crippen LogP contribution in [0.25, 0.3) is 0 Å². The molecule has 0 unspecified atom stereocenters. The number of hydrogen-bond acceptors (Lipinski definition) is 5. The molecule has 1 aliphatic rings. The largest absolute Gasteiger partial charge is 0.322 e. The van der Waals surface area contributed by atoms with Crippen LogP contribution in [0.1, 0.15) is 28.8 Å². The van der Waals surface area contributed by atoms with Gasteiger partial charge < -0.3 is 5.32 Å². The Kier molecular flexibility index (Phi) is 6.61. The molecule has 6 nitrogen and oxygen atoms in total. The third-order valence-electron chi connectivity index (χ3n) is 5.15. The molecule has 1 fully saturated rings. The zero-order valence-corrected chi connectivity index (χ0v) is 18.8. The summed E-state index contributed by atoms with van der Waals surface area (Å²) in [5.41, 5.74) is 1.39. The molecule has 162 valence electrons. The Bertz CT molecular complexity index is 1290. The number of nitrogens with one attached hydrogen (secondary N) is 1. The molecule has 1 amide bonds. The second-order valence-corrected chi connectivity index (χ2v) is 10.3. The predicted octanol–water partition coefficient (Wildman–Crippen LogP) is 4.75. The van der Waals surface area contributed by atoms with Crippen LogP contribution in [0.4, 0.5) is 5.69 Å². The summed E-state index contributed by atoms with van der Waals surface area (Å²) in [5, 5.41) is 12.2. The van der Waals surface area contributed by atoms with Crippen LogP contribution in [0.5, 0.6) is 0 Å². The highest BCUT2D eigenvalue weighted by Gasteiger charge is 2.27. The van der Waals surface area contributed by atoms with Crippen molar-refractivity contribution in [2.24, 2.45) is 0 Å². The van der Waals surface area contributed by atoms with E-state index in [1.807, 2.05) is 24.3 Å². The van der Waals surface area contributed by atoms with Gasteiger partial charge in [0.05, 0.1) is 16.0 Å². The number of amides is 1. The average Bonchev–Trinajstić information content (AvgIpc) is 3.36. The summed E-state index contributed by atoms with van der Waals surface area (Å²) < 4.78 is 27.2. The van der Waals surface area contributed by atoms with Gasteiger partial charge in [0, 0.05) is 28.6 Å². The van der Waals surface area contributed by atoms with E-state index in [1.54, 1.807) is 42.5 Å². The summed E-state index contributed by atoms with van der Waals surface area (Å²) in [7, 11) is -3.57. The molecule has 0 saturated carbocycles. The van der Waals surface area contributed by atoms with E-state index in [-0.39, 0.29) is 10.8 Å². The molecule has 0 atom stereocenters. The monoisotopic (exact) mass is 463 g/mol. The molecule has 1 N–H and O–H groups in total. The normalized spacial score (nSPS) is 14.1. The SMILES string of the molecule is N#Cc1ccccc1Sc1ccccc1C(=O)Nc1cccc(S(=O)(=O)N2CCCC2)c1. The van der Waals surface area contributed by atoms with Gasteiger partial charge in [0.1, 0.15) is 6.07 Å². The zero-order chi connectivity index (χ0) is 22.6. The van der Waals surface area contributed by atoms with Crippen molar-refractivity contribution in [1.82, 2.24) is 4.31 Å². The molecule has 4 rings (SSSR count). The highest BCUT2D eigenvalue weighted by atomic mass is 32.2. The lowest BCUT2D eigenvalue weighted by Crippen LogP contribution is -2.27. The zero-order valence-electron chi connectivity index (χ0n) is 17.2. The fourth-order valence-electron chi connectivity index (χ4n) is 3.52. The number of nitrogens with zero attached hydrogens (tertiary/aromatic N) is 2. The van der Waals surface area contributed by atoms with Gasteiger partial charge in [-0.25, -0.2) is 8.42 Å². The minimum Gasteiger partial charge on any atom is -0.322 e. The van der Waals surface area contributed by atoms with Crippen LogP contribution in [0.2, 0.25) is 0 Å². The van der Waals surface area contributed by atoms with Crippen molar-refractivity contribution >= 4 is 33.4 Å². The first kappa shape index (κ1) is 22.1. The van der Waals surface area contributed by atoms with Crippen molar-refractivity contribution < 1.29 is 13.2 Å². The summed E-state index contributed by atoms with van der Waals surface area (Å²) in [6, 6.07) is 22.8. The fraction of sp³-hybridized carbons (Fsp3) is 0.167. The van der Waals surface area contributed by atoms with Crippen LogP contribution in [0.15, 0.2) is 87.5 Å². The van der Waals surface area contributed by atoms with Gasteiger partial charge >= 0.3 is 0 Å². The average molecular weight is 464 g/mol. The Morgan fingerprint density at radius 1 is 0.938 bits per heavy atom. The number of benzene rings is 3. The third kappa shape index (κ3) is 4.70. The molecular weight excluding hydrogens is 442 g/mol. The quantitative estimate of drug-likeness (QED) is 0.570. The van der Waals surface area contributed by atoms with Gasteiger partial charge in [0.25, 0.3) is 5.91 Å². The first-order valence-electron chi connectivity index (χ1n) is 10.2. The first-order chi connectivity index (χ1) is 15.5. The smallest absolute Gasteiger partial charge is 0.256 e. The van der Waals surface area contributed by atoms with E-state index in [0.717, 1.165) is 17.7 Å². The van der Waals surface area contributed by atoms with E-state index in [1.165, 1.54) is 22.1 Å². The van der Waals surface area contributed by atoms with Gasteiger partial charge in [-0.05, 0) is 55.3 Å². The molecule has 0 aliphatic carbocycles. The Hall–Kier alpha value is -3.12. The van der Waals surface area contributed by atoms with E-state index >= 15 is 0 Å². The van der Waals surface area contributed by atoms with Crippen LogP contribution in [0.3, 0.4) is 0 Å². The lowest BCUT2D eigenvalue weighted by Gasteiger charge is -2.16. The molecule has 1 heterocycles. The van der Waals surface area contributed by atoms with Gasteiger partial charge in [-0.1, -0.05) is 42.1 Å². The van der Waals surface area contributed by atoms with Gasteiger partial charge in [-0.3, -0.25) is 4.79 Å². The second kappa shape index (κ2) is 9.57. The predicted molar refractivity (Wildman–Crippen MR) is 124 cm³/mol. The molecule has 3 aromatic carbocycles. The van der Waals surface area contributed by atoms with Crippen molar-refractivity contribution in [3.63, 3.8) is 0 Å². The number of carbonyl (C=O) groups is 1. The van der Waals surface area contributed by atoms with E-state index in [0.29, 0.717) is 34.8 Å². The Morgan fingerprint density at radius 2 is 1.62 bits per heavy atom. The molecule has 3 aromatic rings. The van der Waals surface area contributed by atoms with E-state index in [2.05, 4.69) is 11.4 Å². The molecule has 32 heavy (non-hydrogen) atoms. The van der Waals surface area contributed by atoms with Crippen molar-refractivity contribution in [3.05, 3.63) is 83.9 Å². The molecular formula is C24H21N3O3S2. The summed E-state index contributed by atoms with van der Waals surface area (Å²) in [5.74, 6) is -0.349. The molecule has 8 heteroatoms. The lowest BCUT2D eigenvalue weighted by molar-refractivity contribution is 0.102. The molecule has 0 bridgehead atoms. The topological polar surface area (TPSA) is 90.3 Å². The third-order valence-corrected chi connectivity index (χ3v) is 8.20. The maximum absolute atomic E-state index is 13.0.